The van der Waals surface area contributed by atoms with Crippen molar-refractivity contribution in [1.29, 1.82) is 0 Å². The summed E-state index contributed by atoms with van der Waals surface area (Å²) in [5.41, 5.74) is 1.07. The summed E-state index contributed by atoms with van der Waals surface area (Å²) in [6.45, 7) is 4.53. The minimum absolute atomic E-state index is 0.0692. The largest absolute Gasteiger partial charge is 0.460 e. The van der Waals surface area contributed by atoms with E-state index in [-0.39, 0.29) is 11.4 Å². The van der Waals surface area contributed by atoms with Crippen LogP contribution in [0.1, 0.15) is 25.0 Å². The van der Waals surface area contributed by atoms with Crippen LogP contribution in [0.4, 0.5) is 0 Å². The Morgan fingerprint density at radius 2 is 2.11 bits per heavy atom. The maximum atomic E-state index is 11.8. The van der Waals surface area contributed by atoms with Crippen LogP contribution in [0.25, 0.3) is 11.3 Å². The van der Waals surface area contributed by atoms with Crippen LogP contribution in [0.15, 0.2) is 40.8 Å². The number of halogens is 1. The van der Waals surface area contributed by atoms with E-state index in [1.54, 1.807) is 0 Å². The van der Waals surface area contributed by atoms with Crippen LogP contribution < -0.4 is 5.32 Å². The number of amides is 1. The molecular weight excluding hydrogens is 362 g/mol. The molecule has 5 nitrogen and oxygen atoms in total. The molecule has 2 aliphatic rings. The fraction of sp³-hybridized carbons (Fsp3) is 0.476. The standard InChI is InChI=1S/C21H26ClN3O2/c1-24-11-12-25(15-21(24)8-7-20(26)23-10-9-21)14-18-5-6-19(27-18)16-3-2-4-17(22)13-16/h2-6,13H,7-12,14-15H2,1H3,(H,23,26). The van der Waals surface area contributed by atoms with Gasteiger partial charge in [-0.2, -0.15) is 0 Å². The smallest absolute Gasteiger partial charge is 0.220 e. The Morgan fingerprint density at radius 1 is 1.22 bits per heavy atom. The molecule has 144 valence electrons. The molecule has 1 amide bonds. The van der Waals surface area contributed by atoms with Crippen LogP contribution in [0.2, 0.25) is 5.02 Å². The third kappa shape index (κ3) is 4.05. The van der Waals surface area contributed by atoms with Gasteiger partial charge in [-0.25, -0.2) is 0 Å². The van der Waals surface area contributed by atoms with Gasteiger partial charge in [-0.1, -0.05) is 23.7 Å². The van der Waals surface area contributed by atoms with Crippen LogP contribution in [0.3, 0.4) is 0 Å². The van der Waals surface area contributed by atoms with Gasteiger partial charge in [-0.3, -0.25) is 14.6 Å². The van der Waals surface area contributed by atoms with Gasteiger partial charge in [0.2, 0.25) is 5.91 Å². The minimum Gasteiger partial charge on any atom is -0.460 e. The predicted octanol–water partition coefficient (Wildman–Crippen LogP) is 3.39. The Kier molecular flexibility index (Phi) is 5.26. The van der Waals surface area contributed by atoms with Crippen molar-refractivity contribution < 1.29 is 9.21 Å². The Balaban J connectivity index is 1.46. The number of piperazine rings is 1. The molecule has 2 aliphatic heterocycles. The third-order valence-electron chi connectivity index (χ3n) is 5.96. The van der Waals surface area contributed by atoms with E-state index in [0.717, 1.165) is 62.6 Å². The maximum absolute atomic E-state index is 11.8. The molecule has 1 atom stereocenters. The number of furan rings is 1. The summed E-state index contributed by atoms with van der Waals surface area (Å²) in [5.74, 6) is 1.99. The molecule has 0 radical (unpaired) electrons. The van der Waals surface area contributed by atoms with Gasteiger partial charge in [-0.15, -0.1) is 0 Å². The quantitative estimate of drug-likeness (QED) is 0.877. The van der Waals surface area contributed by atoms with E-state index in [2.05, 4.69) is 28.2 Å². The molecule has 0 aliphatic carbocycles. The number of likely N-dealkylation sites (N-methyl/N-ethyl adjacent to an activating group) is 1. The first-order chi connectivity index (χ1) is 13.0. The van der Waals surface area contributed by atoms with Crippen molar-refractivity contribution in [3.05, 3.63) is 47.2 Å². The Bertz CT molecular complexity index is 821. The molecule has 0 saturated carbocycles. The lowest BCUT2D eigenvalue weighted by atomic mass is 9.86. The zero-order valence-electron chi connectivity index (χ0n) is 15.7. The molecule has 2 saturated heterocycles. The number of nitrogens with one attached hydrogen (secondary N) is 1. The number of benzene rings is 1. The Labute approximate surface area is 165 Å². The molecule has 0 bridgehead atoms. The van der Waals surface area contributed by atoms with Crippen LogP contribution in [-0.4, -0.2) is 54.5 Å². The molecule has 3 heterocycles. The lowest BCUT2D eigenvalue weighted by Gasteiger charge is -2.49. The highest BCUT2D eigenvalue weighted by molar-refractivity contribution is 6.30. The van der Waals surface area contributed by atoms with E-state index in [1.165, 1.54) is 0 Å². The van der Waals surface area contributed by atoms with Crippen LogP contribution in [0.5, 0.6) is 0 Å². The highest BCUT2D eigenvalue weighted by atomic mass is 35.5. The van der Waals surface area contributed by atoms with E-state index < -0.39 is 0 Å². The summed E-state index contributed by atoms with van der Waals surface area (Å²) in [6.07, 6.45) is 2.52. The van der Waals surface area contributed by atoms with E-state index in [1.807, 2.05) is 30.3 Å². The second-order valence-electron chi connectivity index (χ2n) is 7.73. The van der Waals surface area contributed by atoms with Gasteiger partial charge in [0, 0.05) is 48.7 Å². The topological polar surface area (TPSA) is 48.7 Å². The number of hydrogen-bond donors (Lipinski definition) is 1. The summed E-state index contributed by atoms with van der Waals surface area (Å²) < 4.78 is 6.09. The number of carbonyl (C=O) groups is 1. The Hall–Kier alpha value is -1.82. The zero-order valence-corrected chi connectivity index (χ0v) is 16.5. The maximum Gasteiger partial charge on any atom is 0.220 e. The molecule has 27 heavy (non-hydrogen) atoms. The molecular formula is C21H26ClN3O2. The van der Waals surface area contributed by atoms with Gasteiger partial charge >= 0.3 is 0 Å². The first kappa shape index (κ1) is 18.5. The van der Waals surface area contributed by atoms with Crippen LogP contribution in [-0.2, 0) is 11.3 Å². The normalized spacial score (nSPS) is 24.7. The molecule has 2 fully saturated rings. The number of hydrogen-bond acceptors (Lipinski definition) is 4. The van der Waals surface area contributed by atoms with Crippen molar-refractivity contribution in [1.82, 2.24) is 15.1 Å². The summed E-state index contributed by atoms with van der Waals surface area (Å²) in [5, 5.41) is 3.72. The SMILES string of the molecule is CN1CCN(Cc2ccc(-c3cccc(Cl)c3)o2)CC12CCNC(=O)CC2. The van der Waals surface area contributed by atoms with Crippen molar-refractivity contribution in [2.75, 3.05) is 33.2 Å². The number of carbonyl (C=O) groups excluding carboxylic acids is 1. The predicted molar refractivity (Wildman–Crippen MR) is 107 cm³/mol. The zero-order chi connectivity index (χ0) is 18.9. The molecule has 6 heteroatoms. The van der Waals surface area contributed by atoms with Gasteiger partial charge in [-0.05, 0) is 44.2 Å². The summed E-state index contributed by atoms with van der Waals surface area (Å²) >= 11 is 6.09. The van der Waals surface area contributed by atoms with Gasteiger partial charge in [0.1, 0.15) is 11.5 Å². The first-order valence-corrected chi connectivity index (χ1v) is 9.97. The molecule has 1 aromatic carbocycles. The third-order valence-corrected chi connectivity index (χ3v) is 6.19. The lowest BCUT2D eigenvalue weighted by Crippen LogP contribution is -2.60. The van der Waals surface area contributed by atoms with Gasteiger partial charge < -0.3 is 9.73 Å². The highest BCUT2D eigenvalue weighted by Gasteiger charge is 2.40. The lowest BCUT2D eigenvalue weighted by molar-refractivity contribution is -0.121. The summed E-state index contributed by atoms with van der Waals surface area (Å²) in [6, 6.07) is 11.8. The molecule has 2 aromatic rings. The van der Waals surface area contributed by atoms with Gasteiger partial charge in [0.25, 0.3) is 0 Å². The number of rotatable bonds is 3. The van der Waals surface area contributed by atoms with E-state index in [4.69, 9.17) is 16.0 Å². The highest BCUT2D eigenvalue weighted by Crippen LogP contribution is 2.32. The average Bonchev–Trinajstić information content (AvgIpc) is 3.03. The second-order valence-corrected chi connectivity index (χ2v) is 8.17. The van der Waals surface area contributed by atoms with Crippen molar-refractivity contribution in [3.8, 4) is 11.3 Å². The first-order valence-electron chi connectivity index (χ1n) is 9.59. The van der Waals surface area contributed by atoms with Gasteiger partial charge in [0.05, 0.1) is 6.54 Å². The molecule has 1 spiro atoms. The van der Waals surface area contributed by atoms with Crippen molar-refractivity contribution in [3.63, 3.8) is 0 Å². The summed E-state index contributed by atoms with van der Waals surface area (Å²) in [4.78, 5) is 16.7. The second kappa shape index (κ2) is 7.66. The monoisotopic (exact) mass is 387 g/mol. The van der Waals surface area contributed by atoms with Crippen LogP contribution >= 0.6 is 11.6 Å². The van der Waals surface area contributed by atoms with Crippen LogP contribution in [0, 0.1) is 0 Å². The molecule has 1 unspecified atom stereocenters. The van der Waals surface area contributed by atoms with Gasteiger partial charge in [0.15, 0.2) is 0 Å². The minimum atomic E-state index is 0.0692. The molecule has 4 rings (SSSR count). The number of nitrogens with zero attached hydrogens (tertiary/aromatic N) is 2. The van der Waals surface area contributed by atoms with E-state index >= 15 is 0 Å². The van der Waals surface area contributed by atoms with Crippen molar-refractivity contribution >= 4 is 17.5 Å². The average molecular weight is 388 g/mol. The van der Waals surface area contributed by atoms with Crippen molar-refractivity contribution in [2.45, 2.75) is 31.3 Å². The van der Waals surface area contributed by atoms with Crippen molar-refractivity contribution in [2.24, 2.45) is 0 Å². The summed E-state index contributed by atoms with van der Waals surface area (Å²) in [7, 11) is 2.19. The molecule has 1 aromatic heterocycles. The molecule has 1 N–H and O–H groups in total. The Morgan fingerprint density at radius 3 is 2.96 bits per heavy atom. The van der Waals surface area contributed by atoms with E-state index in [0.29, 0.717) is 11.4 Å². The fourth-order valence-corrected chi connectivity index (χ4v) is 4.48. The van der Waals surface area contributed by atoms with E-state index in [9.17, 15) is 4.79 Å². The fourth-order valence-electron chi connectivity index (χ4n) is 4.29.